The van der Waals surface area contributed by atoms with Crippen molar-refractivity contribution in [3.8, 4) is 18.1 Å². The fourth-order valence-corrected chi connectivity index (χ4v) is 2.95. The summed E-state index contributed by atoms with van der Waals surface area (Å²) in [5.74, 6) is 2.92. The first-order valence-corrected chi connectivity index (χ1v) is 9.60. The zero-order chi connectivity index (χ0) is 21.6. The third-order valence-corrected chi connectivity index (χ3v) is 4.51. The monoisotopic (exact) mass is 392 g/mol. The van der Waals surface area contributed by atoms with Gasteiger partial charge in [-0.25, -0.2) is 0 Å². The van der Waals surface area contributed by atoms with E-state index < -0.39 is 6.10 Å². The predicted molar refractivity (Wildman–Crippen MR) is 116 cm³/mol. The maximum atomic E-state index is 12.7. The molecule has 29 heavy (non-hydrogen) atoms. The Bertz CT molecular complexity index is 928. The number of carbonyl (C=O) groups is 2. The molecule has 1 atom stereocenters. The fourth-order valence-electron chi connectivity index (χ4n) is 2.95. The quantitative estimate of drug-likeness (QED) is 0.726. The molecule has 2 aromatic rings. The van der Waals surface area contributed by atoms with Crippen LogP contribution in [0, 0.1) is 19.3 Å². The summed E-state index contributed by atoms with van der Waals surface area (Å²) in [6, 6.07) is 13.0. The molecule has 0 radical (unpaired) electrons. The van der Waals surface area contributed by atoms with Crippen LogP contribution >= 0.6 is 0 Å². The van der Waals surface area contributed by atoms with Gasteiger partial charge in [-0.05, 0) is 55.2 Å². The average molecular weight is 392 g/mol. The summed E-state index contributed by atoms with van der Waals surface area (Å²) in [6.45, 7) is 7.75. The number of carbonyl (C=O) groups excluding carboxylic acids is 2. The lowest BCUT2D eigenvalue weighted by atomic mass is 10.0. The first-order chi connectivity index (χ1) is 13.7. The van der Waals surface area contributed by atoms with Gasteiger partial charge in [0.15, 0.2) is 6.10 Å². The van der Waals surface area contributed by atoms with E-state index in [2.05, 4.69) is 25.1 Å². The van der Waals surface area contributed by atoms with Crippen LogP contribution in [-0.2, 0) is 9.59 Å². The second kappa shape index (κ2) is 9.79. The first-order valence-electron chi connectivity index (χ1n) is 9.60. The zero-order valence-corrected chi connectivity index (χ0v) is 17.7. The highest BCUT2D eigenvalue weighted by atomic mass is 16.5. The predicted octanol–water partition coefficient (Wildman–Crippen LogP) is 3.96. The van der Waals surface area contributed by atoms with Crippen LogP contribution in [0.1, 0.15) is 43.4 Å². The van der Waals surface area contributed by atoms with Gasteiger partial charge in [0.05, 0.1) is 6.54 Å². The topological polar surface area (TPSA) is 58.6 Å². The number of terminal acetylenes is 1. The summed E-state index contributed by atoms with van der Waals surface area (Å²) in [5, 5.41) is 2.75. The first kappa shape index (κ1) is 22.0. The van der Waals surface area contributed by atoms with Gasteiger partial charge in [0.2, 0.25) is 5.91 Å². The SMILES string of the molecule is C#Cc1cccc(NC(=O)CN(C)C(=O)C(C)Oc2cc(C)ccc2C(C)C)c1. The Hall–Kier alpha value is -3.26. The molecule has 0 aromatic heterocycles. The van der Waals surface area contributed by atoms with E-state index >= 15 is 0 Å². The van der Waals surface area contributed by atoms with Gasteiger partial charge >= 0.3 is 0 Å². The van der Waals surface area contributed by atoms with Crippen molar-refractivity contribution < 1.29 is 14.3 Å². The fraction of sp³-hybridized carbons (Fsp3) is 0.333. The van der Waals surface area contributed by atoms with Crippen molar-refractivity contribution in [3.05, 3.63) is 59.2 Å². The summed E-state index contributed by atoms with van der Waals surface area (Å²) in [6.07, 6.45) is 4.66. The van der Waals surface area contributed by atoms with E-state index in [4.69, 9.17) is 11.2 Å². The number of hydrogen-bond acceptors (Lipinski definition) is 3. The number of ether oxygens (including phenoxy) is 1. The largest absolute Gasteiger partial charge is 0.481 e. The van der Waals surface area contributed by atoms with Crippen molar-refractivity contribution in [2.45, 2.75) is 39.7 Å². The lowest BCUT2D eigenvalue weighted by molar-refractivity contribution is -0.139. The number of hydrogen-bond donors (Lipinski definition) is 1. The van der Waals surface area contributed by atoms with Crippen LogP contribution in [0.3, 0.4) is 0 Å². The molecule has 0 saturated heterocycles. The molecule has 2 amide bonds. The van der Waals surface area contributed by atoms with Gasteiger partial charge in [0.1, 0.15) is 5.75 Å². The van der Waals surface area contributed by atoms with Gasteiger partial charge < -0.3 is 15.0 Å². The Labute approximate surface area is 173 Å². The molecule has 0 aliphatic heterocycles. The standard InChI is InChI=1S/C24H28N2O3/c1-7-19-9-8-10-20(14-19)25-23(27)15-26(6)24(28)18(5)29-22-13-17(4)11-12-21(22)16(2)3/h1,8-14,16,18H,15H2,2-6H3,(H,25,27). The maximum Gasteiger partial charge on any atom is 0.263 e. The molecule has 0 heterocycles. The third-order valence-electron chi connectivity index (χ3n) is 4.51. The van der Waals surface area contributed by atoms with E-state index in [0.717, 1.165) is 11.1 Å². The van der Waals surface area contributed by atoms with Crippen molar-refractivity contribution in [1.29, 1.82) is 0 Å². The van der Waals surface area contributed by atoms with E-state index in [-0.39, 0.29) is 24.3 Å². The lowest BCUT2D eigenvalue weighted by Crippen LogP contribution is -2.42. The highest BCUT2D eigenvalue weighted by Gasteiger charge is 2.22. The van der Waals surface area contributed by atoms with Crippen LogP contribution in [0.5, 0.6) is 5.75 Å². The summed E-state index contributed by atoms with van der Waals surface area (Å²) in [7, 11) is 1.58. The van der Waals surface area contributed by atoms with Gasteiger partial charge in [-0.15, -0.1) is 6.42 Å². The lowest BCUT2D eigenvalue weighted by Gasteiger charge is -2.23. The van der Waals surface area contributed by atoms with Crippen molar-refractivity contribution in [2.24, 2.45) is 0 Å². The number of anilines is 1. The molecule has 0 aliphatic carbocycles. The minimum Gasteiger partial charge on any atom is -0.481 e. The van der Waals surface area contributed by atoms with Gasteiger partial charge in [-0.1, -0.05) is 38.0 Å². The second-order valence-corrected chi connectivity index (χ2v) is 7.42. The Morgan fingerprint density at radius 3 is 2.55 bits per heavy atom. The van der Waals surface area contributed by atoms with Crippen molar-refractivity contribution >= 4 is 17.5 Å². The molecule has 0 saturated carbocycles. The molecule has 1 unspecified atom stereocenters. The Morgan fingerprint density at radius 2 is 1.90 bits per heavy atom. The second-order valence-electron chi connectivity index (χ2n) is 7.42. The summed E-state index contributed by atoms with van der Waals surface area (Å²) < 4.78 is 5.96. The molecule has 0 bridgehead atoms. The van der Waals surface area contributed by atoms with Crippen LogP contribution in [0.4, 0.5) is 5.69 Å². The van der Waals surface area contributed by atoms with Gasteiger partial charge in [-0.3, -0.25) is 9.59 Å². The number of benzene rings is 2. The zero-order valence-electron chi connectivity index (χ0n) is 17.7. The molecule has 2 aromatic carbocycles. The van der Waals surface area contributed by atoms with Crippen LogP contribution < -0.4 is 10.1 Å². The third kappa shape index (κ3) is 6.11. The molecular weight excluding hydrogens is 364 g/mol. The van der Waals surface area contributed by atoms with E-state index in [1.165, 1.54) is 4.90 Å². The molecule has 5 heteroatoms. The molecule has 0 aliphatic rings. The Balaban J connectivity index is 1.99. The van der Waals surface area contributed by atoms with E-state index in [9.17, 15) is 9.59 Å². The Morgan fingerprint density at radius 1 is 1.17 bits per heavy atom. The number of likely N-dealkylation sites (N-methyl/N-ethyl adjacent to an activating group) is 1. The van der Waals surface area contributed by atoms with Crippen LogP contribution in [0.25, 0.3) is 0 Å². The molecule has 0 fully saturated rings. The van der Waals surface area contributed by atoms with Crippen molar-refractivity contribution in [3.63, 3.8) is 0 Å². The van der Waals surface area contributed by atoms with Crippen LogP contribution in [0.15, 0.2) is 42.5 Å². The molecule has 5 nitrogen and oxygen atoms in total. The van der Waals surface area contributed by atoms with Crippen molar-refractivity contribution in [1.82, 2.24) is 4.90 Å². The smallest absolute Gasteiger partial charge is 0.263 e. The molecular formula is C24H28N2O3. The average Bonchev–Trinajstić information content (AvgIpc) is 2.67. The minimum atomic E-state index is -0.711. The summed E-state index contributed by atoms with van der Waals surface area (Å²) in [5.41, 5.74) is 3.38. The number of nitrogens with one attached hydrogen (secondary N) is 1. The number of aryl methyl sites for hydroxylation is 1. The van der Waals surface area contributed by atoms with E-state index in [1.807, 2.05) is 25.1 Å². The highest BCUT2D eigenvalue weighted by Crippen LogP contribution is 2.28. The maximum absolute atomic E-state index is 12.7. The van der Waals surface area contributed by atoms with Gasteiger partial charge in [0, 0.05) is 18.3 Å². The van der Waals surface area contributed by atoms with E-state index in [1.54, 1.807) is 38.2 Å². The van der Waals surface area contributed by atoms with Gasteiger partial charge in [0.25, 0.3) is 5.91 Å². The number of nitrogens with zero attached hydrogens (tertiary/aromatic N) is 1. The number of rotatable bonds is 7. The highest BCUT2D eigenvalue weighted by molar-refractivity contribution is 5.95. The molecule has 1 N–H and O–H groups in total. The minimum absolute atomic E-state index is 0.0856. The summed E-state index contributed by atoms with van der Waals surface area (Å²) in [4.78, 5) is 26.4. The van der Waals surface area contributed by atoms with E-state index in [0.29, 0.717) is 17.0 Å². The normalized spacial score (nSPS) is 11.5. The van der Waals surface area contributed by atoms with Crippen LogP contribution in [-0.4, -0.2) is 36.4 Å². The molecule has 2 rings (SSSR count). The number of amides is 2. The summed E-state index contributed by atoms with van der Waals surface area (Å²) >= 11 is 0. The molecule has 152 valence electrons. The molecule has 0 spiro atoms. The van der Waals surface area contributed by atoms with Crippen LogP contribution in [0.2, 0.25) is 0 Å². The van der Waals surface area contributed by atoms with Gasteiger partial charge in [-0.2, -0.15) is 0 Å². The Kier molecular flexibility index (Phi) is 7.44. The van der Waals surface area contributed by atoms with Crippen molar-refractivity contribution in [2.75, 3.05) is 18.9 Å².